The van der Waals surface area contributed by atoms with Gasteiger partial charge in [-0.2, -0.15) is 0 Å². The number of β-amino-alcohol motifs (C(OH)–C–C–N with tert-alkyl or cyclic N) is 1. The maximum absolute atomic E-state index is 12.6. The standard InChI is InChI=1S/C24H28N4O3/c1-18-7-9-20(10-8-18)24-26-25-22(31-24)11-12-23(30)28-15-13-27(14-16-28)17-21(29)19-5-3-2-4-6-19/h2-10,21,29H,11-17H2,1H3. The molecule has 7 nitrogen and oxygen atoms in total. The Morgan fingerprint density at radius 1 is 1.03 bits per heavy atom. The summed E-state index contributed by atoms with van der Waals surface area (Å²) in [4.78, 5) is 16.7. The predicted octanol–water partition coefficient (Wildman–Crippen LogP) is 2.86. The Hall–Kier alpha value is -3.03. The molecule has 1 saturated heterocycles. The summed E-state index contributed by atoms with van der Waals surface area (Å²) in [5, 5.41) is 18.6. The van der Waals surface area contributed by atoms with Gasteiger partial charge in [-0.3, -0.25) is 9.69 Å². The summed E-state index contributed by atoms with van der Waals surface area (Å²) in [5.74, 6) is 1.06. The van der Waals surface area contributed by atoms with Crippen LogP contribution in [0, 0.1) is 6.92 Å². The molecule has 1 amide bonds. The molecule has 0 spiro atoms. The minimum absolute atomic E-state index is 0.0957. The molecular weight excluding hydrogens is 392 g/mol. The molecular formula is C24H28N4O3. The summed E-state index contributed by atoms with van der Waals surface area (Å²) in [6.07, 6.45) is 0.274. The van der Waals surface area contributed by atoms with Gasteiger partial charge in [0.1, 0.15) is 0 Å². The minimum Gasteiger partial charge on any atom is -0.421 e. The van der Waals surface area contributed by atoms with E-state index in [2.05, 4.69) is 15.1 Å². The molecule has 0 saturated carbocycles. The summed E-state index contributed by atoms with van der Waals surface area (Å²) in [5.41, 5.74) is 2.97. The van der Waals surface area contributed by atoms with Crippen LogP contribution in [0.3, 0.4) is 0 Å². The Balaban J connectivity index is 1.22. The van der Waals surface area contributed by atoms with Gasteiger partial charge in [0, 0.05) is 51.1 Å². The van der Waals surface area contributed by atoms with Crippen LogP contribution < -0.4 is 0 Å². The molecule has 1 aromatic heterocycles. The number of nitrogens with zero attached hydrogens (tertiary/aromatic N) is 4. The molecule has 0 radical (unpaired) electrons. The van der Waals surface area contributed by atoms with E-state index in [1.165, 1.54) is 5.56 Å². The van der Waals surface area contributed by atoms with E-state index in [-0.39, 0.29) is 5.91 Å². The molecule has 162 valence electrons. The van der Waals surface area contributed by atoms with Crippen molar-refractivity contribution in [1.29, 1.82) is 0 Å². The van der Waals surface area contributed by atoms with Gasteiger partial charge in [0.25, 0.3) is 0 Å². The highest BCUT2D eigenvalue weighted by molar-refractivity contribution is 5.76. The Kier molecular flexibility index (Phi) is 6.74. The molecule has 0 aliphatic carbocycles. The van der Waals surface area contributed by atoms with E-state index in [1.807, 2.05) is 66.4 Å². The normalized spacial score (nSPS) is 15.7. The number of aromatic nitrogens is 2. The minimum atomic E-state index is -0.510. The lowest BCUT2D eigenvalue weighted by Gasteiger charge is -2.35. The van der Waals surface area contributed by atoms with Crippen molar-refractivity contribution in [3.8, 4) is 11.5 Å². The third-order valence-corrected chi connectivity index (χ3v) is 5.66. The number of carbonyl (C=O) groups is 1. The molecule has 1 atom stereocenters. The molecule has 2 aromatic carbocycles. The molecule has 3 aromatic rings. The molecule has 1 aliphatic heterocycles. The van der Waals surface area contributed by atoms with Gasteiger partial charge < -0.3 is 14.4 Å². The summed E-state index contributed by atoms with van der Waals surface area (Å²) >= 11 is 0. The summed E-state index contributed by atoms with van der Waals surface area (Å²) < 4.78 is 5.72. The average Bonchev–Trinajstić information content (AvgIpc) is 3.28. The van der Waals surface area contributed by atoms with Crippen molar-refractivity contribution in [1.82, 2.24) is 20.0 Å². The zero-order valence-electron chi connectivity index (χ0n) is 17.8. The van der Waals surface area contributed by atoms with Crippen LogP contribution in [0.1, 0.15) is 29.5 Å². The maximum atomic E-state index is 12.6. The first kappa shape index (κ1) is 21.2. The van der Waals surface area contributed by atoms with Gasteiger partial charge in [-0.1, -0.05) is 48.0 Å². The van der Waals surface area contributed by atoms with E-state index in [0.717, 1.165) is 24.2 Å². The lowest BCUT2D eigenvalue weighted by molar-refractivity contribution is -0.133. The van der Waals surface area contributed by atoms with Crippen LogP contribution in [-0.4, -0.2) is 63.7 Å². The van der Waals surface area contributed by atoms with Gasteiger partial charge in [-0.25, -0.2) is 0 Å². The number of aliphatic hydroxyl groups excluding tert-OH is 1. The predicted molar refractivity (Wildman–Crippen MR) is 117 cm³/mol. The number of aryl methyl sites for hydroxylation is 2. The van der Waals surface area contributed by atoms with Crippen LogP contribution in [-0.2, 0) is 11.2 Å². The SMILES string of the molecule is Cc1ccc(-c2nnc(CCC(=O)N3CCN(CC(O)c4ccccc4)CC3)o2)cc1. The van der Waals surface area contributed by atoms with E-state index >= 15 is 0 Å². The molecule has 1 aliphatic rings. The lowest BCUT2D eigenvalue weighted by Crippen LogP contribution is -2.49. The fourth-order valence-electron chi connectivity index (χ4n) is 3.74. The molecule has 4 rings (SSSR count). The zero-order valence-corrected chi connectivity index (χ0v) is 17.8. The molecule has 1 N–H and O–H groups in total. The smallest absolute Gasteiger partial charge is 0.247 e. The molecule has 7 heteroatoms. The number of hydrogen-bond acceptors (Lipinski definition) is 6. The molecule has 1 fully saturated rings. The van der Waals surface area contributed by atoms with Crippen molar-refractivity contribution in [3.05, 3.63) is 71.6 Å². The Labute approximate surface area is 182 Å². The van der Waals surface area contributed by atoms with Gasteiger partial charge in [0.2, 0.25) is 17.7 Å². The fraction of sp³-hybridized carbons (Fsp3) is 0.375. The monoisotopic (exact) mass is 420 g/mol. The van der Waals surface area contributed by atoms with Gasteiger partial charge in [-0.15, -0.1) is 10.2 Å². The highest BCUT2D eigenvalue weighted by Crippen LogP contribution is 2.19. The van der Waals surface area contributed by atoms with Crippen molar-refractivity contribution >= 4 is 5.91 Å². The Bertz CT molecular complexity index is 980. The fourth-order valence-corrected chi connectivity index (χ4v) is 3.74. The quantitative estimate of drug-likeness (QED) is 0.633. The number of hydrogen-bond donors (Lipinski definition) is 1. The van der Waals surface area contributed by atoms with E-state index in [9.17, 15) is 9.90 Å². The number of piperazine rings is 1. The first-order chi connectivity index (χ1) is 15.1. The zero-order chi connectivity index (χ0) is 21.6. The topological polar surface area (TPSA) is 82.7 Å². The first-order valence-corrected chi connectivity index (χ1v) is 10.7. The second-order valence-corrected chi connectivity index (χ2v) is 7.97. The van der Waals surface area contributed by atoms with Crippen LogP contribution in [0.25, 0.3) is 11.5 Å². The van der Waals surface area contributed by atoms with E-state index < -0.39 is 6.10 Å². The third-order valence-electron chi connectivity index (χ3n) is 5.66. The van der Waals surface area contributed by atoms with Crippen molar-refractivity contribution in [2.24, 2.45) is 0 Å². The highest BCUT2D eigenvalue weighted by atomic mass is 16.4. The number of carbonyl (C=O) groups excluding carboxylic acids is 1. The number of aliphatic hydroxyl groups is 1. The first-order valence-electron chi connectivity index (χ1n) is 10.7. The van der Waals surface area contributed by atoms with Crippen molar-refractivity contribution in [2.75, 3.05) is 32.7 Å². The number of benzene rings is 2. The molecule has 0 bridgehead atoms. The van der Waals surface area contributed by atoms with Crippen LogP contribution in [0.5, 0.6) is 0 Å². The third kappa shape index (κ3) is 5.57. The van der Waals surface area contributed by atoms with E-state index in [4.69, 9.17) is 4.42 Å². The van der Waals surface area contributed by atoms with Crippen LogP contribution >= 0.6 is 0 Å². The van der Waals surface area contributed by atoms with Gasteiger partial charge in [-0.05, 0) is 24.6 Å². The maximum Gasteiger partial charge on any atom is 0.247 e. The molecule has 1 unspecified atom stereocenters. The number of amides is 1. The largest absolute Gasteiger partial charge is 0.421 e. The van der Waals surface area contributed by atoms with Crippen LogP contribution in [0.4, 0.5) is 0 Å². The summed E-state index contributed by atoms with van der Waals surface area (Å²) in [6, 6.07) is 17.6. The van der Waals surface area contributed by atoms with Crippen molar-refractivity contribution in [3.63, 3.8) is 0 Å². The Morgan fingerprint density at radius 2 is 1.74 bits per heavy atom. The van der Waals surface area contributed by atoms with Gasteiger partial charge in [0.15, 0.2) is 0 Å². The van der Waals surface area contributed by atoms with E-state index in [1.54, 1.807) is 0 Å². The second kappa shape index (κ2) is 9.85. The molecule has 31 heavy (non-hydrogen) atoms. The van der Waals surface area contributed by atoms with Crippen molar-refractivity contribution in [2.45, 2.75) is 25.9 Å². The summed E-state index contributed by atoms with van der Waals surface area (Å²) in [7, 11) is 0. The van der Waals surface area contributed by atoms with Gasteiger partial charge >= 0.3 is 0 Å². The Morgan fingerprint density at radius 3 is 2.45 bits per heavy atom. The van der Waals surface area contributed by atoms with E-state index in [0.29, 0.717) is 44.3 Å². The number of rotatable bonds is 7. The summed E-state index contributed by atoms with van der Waals surface area (Å²) in [6.45, 7) is 5.45. The van der Waals surface area contributed by atoms with Gasteiger partial charge in [0.05, 0.1) is 6.10 Å². The van der Waals surface area contributed by atoms with Crippen LogP contribution in [0.2, 0.25) is 0 Å². The average molecular weight is 421 g/mol. The van der Waals surface area contributed by atoms with Crippen molar-refractivity contribution < 1.29 is 14.3 Å². The second-order valence-electron chi connectivity index (χ2n) is 7.97. The lowest BCUT2D eigenvalue weighted by atomic mass is 10.1. The highest BCUT2D eigenvalue weighted by Gasteiger charge is 2.23. The van der Waals surface area contributed by atoms with Crippen LogP contribution in [0.15, 0.2) is 59.0 Å². The molecule has 2 heterocycles.